The Hall–Kier alpha value is -1.66. The maximum Gasteiger partial charge on any atom is 0.373 e. The van der Waals surface area contributed by atoms with Gasteiger partial charge in [0.2, 0.25) is 5.76 Å². The van der Waals surface area contributed by atoms with Gasteiger partial charge in [0.25, 0.3) is 0 Å². The first-order valence-electron chi connectivity index (χ1n) is 5.41. The van der Waals surface area contributed by atoms with Crippen molar-refractivity contribution in [2.45, 2.75) is 6.04 Å². The van der Waals surface area contributed by atoms with Gasteiger partial charge in [0.15, 0.2) is 0 Å². The predicted molar refractivity (Wildman–Crippen MR) is 70.2 cm³/mol. The number of methoxy groups -OCH3 is 1. The first kappa shape index (κ1) is 13.8. The Balaban J connectivity index is 2.33. The third-order valence-corrected chi connectivity index (χ3v) is 3.11. The minimum atomic E-state index is -0.795. The second kappa shape index (κ2) is 5.54. The van der Waals surface area contributed by atoms with E-state index >= 15 is 0 Å². The third-order valence-electron chi connectivity index (χ3n) is 2.61. The summed E-state index contributed by atoms with van der Waals surface area (Å²) in [7, 11) is 1.25. The molecule has 1 atom stereocenters. The van der Waals surface area contributed by atoms with Gasteiger partial charge in [-0.3, -0.25) is 0 Å². The molecular formula is C13H11BrFNO3. The Labute approximate surface area is 117 Å². The SMILES string of the molecule is COC(=O)c1ccc(C(N)c2cc(Br)ccc2F)o1. The number of furan rings is 1. The molecule has 0 spiro atoms. The van der Waals surface area contributed by atoms with Crippen LogP contribution in [0, 0.1) is 5.82 Å². The van der Waals surface area contributed by atoms with Crippen LogP contribution in [0.1, 0.15) is 27.9 Å². The molecule has 6 heteroatoms. The maximum absolute atomic E-state index is 13.7. The Bertz CT molecular complexity index is 612. The summed E-state index contributed by atoms with van der Waals surface area (Å²) >= 11 is 3.25. The quantitative estimate of drug-likeness (QED) is 0.880. The van der Waals surface area contributed by atoms with E-state index < -0.39 is 17.8 Å². The molecule has 0 bridgehead atoms. The molecular weight excluding hydrogens is 317 g/mol. The molecule has 100 valence electrons. The number of halogens is 2. The van der Waals surface area contributed by atoms with Gasteiger partial charge in [0.1, 0.15) is 11.6 Å². The fraction of sp³-hybridized carbons (Fsp3) is 0.154. The van der Waals surface area contributed by atoms with Gasteiger partial charge in [-0.1, -0.05) is 15.9 Å². The number of benzene rings is 1. The van der Waals surface area contributed by atoms with Crippen LogP contribution in [0.3, 0.4) is 0 Å². The predicted octanol–water partition coefficient (Wildman–Crippen LogP) is 3.02. The molecule has 4 nitrogen and oxygen atoms in total. The molecule has 0 saturated carbocycles. The fourth-order valence-electron chi connectivity index (χ4n) is 1.64. The summed E-state index contributed by atoms with van der Waals surface area (Å²) < 4.78 is 24.2. The first-order valence-corrected chi connectivity index (χ1v) is 6.21. The largest absolute Gasteiger partial charge is 0.463 e. The molecule has 1 aromatic carbocycles. The highest BCUT2D eigenvalue weighted by molar-refractivity contribution is 9.10. The van der Waals surface area contributed by atoms with E-state index in [2.05, 4.69) is 20.7 Å². The van der Waals surface area contributed by atoms with E-state index in [1.54, 1.807) is 12.1 Å². The molecule has 0 aliphatic carbocycles. The molecule has 2 N–H and O–H groups in total. The molecule has 0 radical (unpaired) electrons. The van der Waals surface area contributed by atoms with Gasteiger partial charge in [-0.2, -0.15) is 0 Å². The van der Waals surface area contributed by atoms with Crippen LogP contribution < -0.4 is 5.73 Å². The van der Waals surface area contributed by atoms with Crippen molar-refractivity contribution < 1.29 is 18.3 Å². The normalized spacial score (nSPS) is 12.2. The zero-order valence-corrected chi connectivity index (χ0v) is 11.6. The lowest BCUT2D eigenvalue weighted by Gasteiger charge is -2.10. The number of hydrogen-bond acceptors (Lipinski definition) is 4. The van der Waals surface area contributed by atoms with E-state index in [9.17, 15) is 9.18 Å². The molecule has 0 amide bonds. The Morgan fingerprint density at radius 1 is 1.42 bits per heavy atom. The molecule has 0 aliphatic heterocycles. The summed E-state index contributed by atoms with van der Waals surface area (Å²) in [5.41, 5.74) is 6.21. The third kappa shape index (κ3) is 2.85. The number of hydrogen-bond donors (Lipinski definition) is 1. The highest BCUT2D eigenvalue weighted by Gasteiger charge is 2.19. The Kier molecular flexibility index (Phi) is 4.01. The van der Waals surface area contributed by atoms with E-state index in [1.807, 2.05) is 0 Å². The minimum absolute atomic E-state index is 0.0309. The van der Waals surface area contributed by atoms with Crippen LogP contribution in [0.5, 0.6) is 0 Å². The van der Waals surface area contributed by atoms with Gasteiger partial charge < -0.3 is 14.9 Å². The number of rotatable bonds is 3. The van der Waals surface area contributed by atoms with Crippen LogP contribution in [0.15, 0.2) is 39.2 Å². The van der Waals surface area contributed by atoms with E-state index in [1.165, 1.54) is 25.3 Å². The summed E-state index contributed by atoms with van der Waals surface area (Å²) in [4.78, 5) is 11.3. The molecule has 0 saturated heterocycles. The van der Waals surface area contributed by atoms with Crippen LogP contribution in [-0.2, 0) is 4.74 Å². The zero-order valence-electron chi connectivity index (χ0n) is 10.0. The number of nitrogens with two attached hydrogens (primary N) is 1. The van der Waals surface area contributed by atoms with Crippen LogP contribution in [0.4, 0.5) is 4.39 Å². The van der Waals surface area contributed by atoms with E-state index in [0.717, 1.165) is 0 Å². The second-order valence-corrected chi connectivity index (χ2v) is 4.75. The lowest BCUT2D eigenvalue weighted by atomic mass is 10.1. The summed E-state index contributed by atoms with van der Waals surface area (Å²) in [6.07, 6.45) is 0. The second-order valence-electron chi connectivity index (χ2n) is 3.84. The van der Waals surface area contributed by atoms with Crippen molar-refractivity contribution in [1.29, 1.82) is 0 Å². The van der Waals surface area contributed by atoms with E-state index in [0.29, 0.717) is 4.47 Å². The molecule has 0 aliphatic rings. The highest BCUT2D eigenvalue weighted by atomic mass is 79.9. The molecule has 2 rings (SSSR count). The molecule has 2 aromatic rings. The van der Waals surface area contributed by atoms with Crippen LogP contribution in [0.25, 0.3) is 0 Å². The van der Waals surface area contributed by atoms with Crippen molar-refractivity contribution in [1.82, 2.24) is 0 Å². The summed E-state index contributed by atoms with van der Waals surface area (Å²) in [6, 6.07) is 6.63. The van der Waals surface area contributed by atoms with Crippen molar-refractivity contribution in [3.05, 3.63) is 57.7 Å². The molecule has 1 unspecified atom stereocenters. The van der Waals surface area contributed by atoms with Crippen LogP contribution >= 0.6 is 15.9 Å². The van der Waals surface area contributed by atoms with Crippen molar-refractivity contribution >= 4 is 21.9 Å². The van der Waals surface area contributed by atoms with Crippen molar-refractivity contribution in [3.8, 4) is 0 Å². The van der Waals surface area contributed by atoms with Gasteiger partial charge >= 0.3 is 5.97 Å². The standard InChI is InChI=1S/C13H11BrFNO3/c1-18-13(17)11-5-4-10(19-11)12(16)8-6-7(14)2-3-9(8)15/h2-6,12H,16H2,1H3. The monoisotopic (exact) mass is 327 g/mol. The summed E-state index contributed by atoms with van der Waals surface area (Å²) in [6.45, 7) is 0. The fourth-order valence-corrected chi connectivity index (χ4v) is 2.02. The van der Waals surface area contributed by atoms with Crippen molar-refractivity contribution in [2.75, 3.05) is 7.11 Å². The molecule has 0 fully saturated rings. The average molecular weight is 328 g/mol. The summed E-state index contributed by atoms with van der Waals surface area (Å²) in [5, 5.41) is 0. The number of ether oxygens (including phenoxy) is 1. The van der Waals surface area contributed by atoms with Gasteiger partial charge in [0, 0.05) is 10.0 Å². The van der Waals surface area contributed by atoms with Gasteiger partial charge in [0.05, 0.1) is 13.2 Å². The van der Waals surface area contributed by atoms with Crippen molar-refractivity contribution in [2.24, 2.45) is 5.73 Å². The minimum Gasteiger partial charge on any atom is -0.463 e. The Morgan fingerprint density at radius 2 is 2.16 bits per heavy atom. The van der Waals surface area contributed by atoms with E-state index in [4.69, 9.17) is 10.2 Å². The van der Waals surface area contributed by atoms with Gasteiger partial charge in [-0.15, -0.1) is 0 Å². The van der Waals surface area contributed by atoms with Gasteiger partial charge in [-0.25, -0.2) is 9.18 Å². The maximum atomic E-state index is 13.7. The van der Waals surface area contributed by atoms with Crippen LogP contribution in [0.2, 0.25) is 0 Å². The lowest BCUT2D eigenvalue weighted by Crippen LogP contribution is -2.13. The topological polar surface area (TPSA) is 65.5 Å². The van der Waals surface area contributed by atoms with Crippen LogP contribution in [-0.4, -0.2) is 13.1 Å². The molecule has 1 aromatic heterocycles. The first-order chi connectivity index (χ1) is 9.02. The average Bonchev–Trinajstić information content (AvgIpc) is 2.89. The Morgan fingerprint density at radius 3 is 2.84 bits per heavy atom. The number of carbonyl (C=O) groups excluding carboxylic acids is 1. The number of carbonyl (C=O) groups is 1. The highest BCUT2D eigenvalue weighted by Crippen LogP contribution is 2.26. The van der Waals surface area contributed by atoms with Crippen molar-refractivity contribution in [3.63, 3.8) is 0 Å². The smallest absolute Gasteiger partial charge is 0.373 e. The summed E-state index contributed by atoms with van der Waals surface area (Å²) in [5.74, 6) is -0.722. The molecule has 19 heavy (non-hydrogen) atoms. The van der Waals surface area contributed by atoms with Gasteiger partial charge in [-0.05, 0) is 30.3 Å². The number of esters is 1. The molecule has 1 heterocycles. The van der Waals surface area contributed by atoms with E-state index in [-0.39, 0.29) is 17.1 Å². The zero-order chi connectivity index (χ0) is 14.0. The lowest BCUT2D eigenvalue weighted by molar-refractivity contribution is 0.0562.